The van der Waals surface area contributed by atoms with E-state index < -0.39 is 11.7 Å². The molecule has 1 unspecified atom stereocenters. The van der Waals surface area contributed by atoms with E-state index in [4.69, 9.17) is 5.73 Å². The number of hydrogen-bond acceptors (Lipinski definition) is 2. The van der Waals surface area contributed by atoms with Crippen LogP contribution in [0, 0.1) is 5.41 Å². The highest BCUT2D eigenvalue weighted by Crippen LogP contribution is 2.30. The van der Waals surface area contributed by atoms with E-state index in [-0.39, 0.29) is 11.5 Å². The Labute approximate surface area is 105 Å². The summed E-state index contributed by atoms with van der Waals surface area (Å²) in [6.45, 7) is 6.29. The molecular formula is C13H19F3N2. The molecule has 2 nitrogen and oxygen atoms in total. The summed E-state index contributed by atoms with van der Waals surface area (Å²) in [6.07, 6.45) is -1.90. The van der Waals surface area contributed by atoms with Crippen LogP contribution in [0.15, 0.2) is 18.3 Å². The highest BCUT2D eigenvalue weighted by Gasteiger charge is 2.30. The molecule has 0 aliphatic rings. The zero-order chi connectivity index (χ0) is 14.0. The number of nitrogens with zero attached hydrogens (tertiary/aromatic N) is 1. The molecule has 0 saturated heterocycles. The number of nitrogens with two attached hydrogens (primary N) is 1. The second kappa shape index (κ2) is 5.26. The number of rotatable bonds is 3. The van der Waals surface area contributed by atoms with Crippen molar-refractivity contribution in [1.82, 2.24) is 4.98 Å². The van der Waals surface area contributed by atoms with Crippen LogP contribution in [-0.2, 0) is 6.18 Å². The van der Waals surface area contributed by atoms with Crippen LogP contribution in [0.5, 0.6) is 0 Å². The second-order valence-electron chi connectivity index (χ2n) is 5.68. The van der Waals surface area contributed by atoms with Gasteiger partial charge in [-0.25, -0.2) is 0 Å². The van der Waals surface area contributed by atoms with E-state index >= 15 is 0 Å². The Morgan fingerprint density at radius 1 is 1.22 bits per heavy atom. The predicted octanol–water partition coefficient (Wildman–Crippen LogP) is 3.93. The van der Waals surface area contributed by atoms with Crippen LogP contribution in [0.25, 0.3) is 0 Å². The van der Waals surface area contributed by atoms with Crippen molar-refractivity contribution in [1.29, 1.82) is 0 Å². The first-order chi connectivity index (χ1) is 8.09. The average Bonchev–Trinajstić information content (AvgIpc) is 2.24. The fraction of sp³-hybridized carbons (Fsp3) is 0.615. The molecule has 0 saturated carbocycles. The van der Waals surface area contributed by atoms with Crippen LogP contribution in [0.2, 0.25) is 0 Å². The number of aromatic nitrogens is 1. The molecule has 0 aliphatic carbocycles. The van der Waals surface area contributed by atoms with Gasteiger partial charge in [0.25, 0.3) is 0 Å². The van der Waals surface area contributed by atoms with Crippen LogP contribution >= 0.6 is 0 Å². The molecule has 0 spiro atoms. The van der Waals surface area contributed by atoms with Gasteiger partial charge in [0.2, 0.25) is 0 Å². The molecule has 0 fully saturated rings. The lowest BCUT2D eigenvalue weighted by Crippen LogP contribution is -2.16. The van der Waals surface area contributed by atoms with Crippen molar-refractivity contribution in [3.8, 4) is 0 Å². The Kier molecular flexibility index (Phi) is 4.37. The number of halogens is 3. The van der Waals surface area contributed by atoms with Crippen LogP contribution in [0.4, 0.5) is 13.2 Å². The van der Waals surface area contributed by atoms with Crippen molar-refractivity contribution in [2.75, 3.05) is 0 Å². The molecule has 102 valence electrons. The van der Waals surface area contributed by atoms with Gasteiger partial charge in [-0.05, 0) is 30.4 Å². The average molecular weight is 260 g/mol. The zero-order valence-corrected chi connectivity index (χ0v) is 10.9. The first-order valence-electron chi connectivity index (χ1n) is 5.88. The third-order valence-electron chi connectivity index (χ3n) is 2.70. The number of pyridine rings is 1. The first kappa shape index (κ1) is 15.0. The van der Waals surface area contributed by atoms with Crippen molar-refractivity contribution < 1.29 is 13.2 Å². The lowest BCUT2D eigenvalue weighted by molar-refractivity contribution is -0.137. The highest BCUT2D eigenvalue weighted by molar-refractivity contribution is 5.18. The summed E-state index contributed by atoms with van der Waals surface area (Å²) >= 11 is 0. The van der Waals surface area contributed by atoms with Gasteiger partial charge in [0, 0.05) is 12.2 Å². The molecule has 2 N–H and O–H groups in total. The summed E-state index contributed by atoms with van der Waals surface area (Å²) < 4.78 is 37.1. The third kappa shape index (κ3) is 4.64. The van der Waals surface area contributed by atoms with Crippen molar-refractivity contribution in [3.05, 3.63) is 29.6 Å². The third-order valence-corrected chi connectivity index (χ3v) is 2.70. The molecule has 1 heterocycles. The van der Waals surface area contributed by atoms with Gasteiger partial charge in [0.1, 0.15) is 0 Å². The lowest BCUT2D eigenvalue weighted by atomic mass is 9.88. The normalized spacial score (nSPS) is 14.6. The van der Waals surface area contributed by atoms with Gasteiger partial charge in [-0.3, -0.25) is 4.98 Å². The molecule has 0 aliphatic heterocycles. The van der Waals surface area contributed by atoms with E-state index in [0.717, 1.165) is 18.7 Å². The van der Waals surface area contributed by atoms with Gasteiger partial charge in [-0.1, -0.05) is 20.8 Å². The number of alkyl halides is 3. The summed E-state index contributed by atoms with van der Waals surface area (Å²) in [7, 11) is 0. The maximum atomic E-state index is 12.4. The van der Waals surface area contributed by atoms with Crippen LogP contribution in [-0.4, -0.2) is 4.98 Å². The van der Waals surface area contributed by atoms with E-state index in [1.165, 1.54) is 6.07 Å². The topological polar surface area (TPSA) is 38.9 Å². The van der Waals surface area contributed by atoms with Crippen LogP contribution < -0.4 is 5.73 Å². The molecule has 0 amide bonds. The Morgan fingerprint density at radius 3 is 2.22 bits per heavy atom. The Bertz CT molecular complexity index is 377. The minimum Gasteiger partial charge on any atom is -0.323 e. The van der Waals surface area contributed by atoms with Crippen molar-refractivity contribution in [2.45, 2.75) is 45.8 Å². The summed E-state index contributed by atoms with van der Waals surface area (Å²) in [6, 6.07) is 2.07. The summed E-state index contributed by atoms with van der Waals surface area (Å²) in [4.78, 5) is 3.80. The van der Waals surface area contributed by atoms with Gasteiger partial charge in [-0.15, -0.1) is 0 Å². The molecular weight excluding hydrogens is 241 g/mol. The molecule has 1 rings (SSSR count). The maximum Gasteiger partial charge on any atom is 0.417 e. The SMILES string of the molecule is CC(C)(C)CCC(N)c1ccc(C(F)(F)F)cn1. The molecule has 18 heavy (non-hydrogen) atoms. The van der Waals surface area contributed by atoms with Crippen molar-refractivity contribution in [3.63, 3.8) is 0 Å². The fourth-order valence-corrected chi connectivity index (χ4v) is 1.53. The number of hydrogen-bond donors (Lipinski definition) is 1. The van der Waals surface area contributed by atoms with Gasteiger partial charge < -0.3 is 5.73 Å². The summed E-state index contributed by atoms with van der Waals surface area (Å²) in [5, 5.41) is 0. The lowest BCUT2D eigenvalue weighted by Gasteiger charge is -2.20. The van der Waals surface area contributed by atoms with Crippen molar-refractivity contribution in [2.24, 2.45) is 11.1 Å². The highest BCUT2D eigenvalue weighted by atomic mass is 19.4. The van der Waals surface area contributed by atoms with Crippen molar-refractivity contribution >= 4 is 0 Å². The minimum absolute atomic E-state index is 0.156. The molecule has 0 aromatic carbocycles. The largest absolute Gasteiger partial charge is 0.417 e. The standard InChI is InChI=1S/C13H19F3N2/c1-12(2,3)7-6-10(17)11-5-4-9(8-18-11)13(14,15)16/h4-5,8,10H,6-7,17H2,1-3H3. The quantitative estimate of drug-likeness (QED) is 0.894. The molecule has 1 aromatic heterocycles. The first-order valence-corrected chi connectivity index (χ1v) is 5.88. The van der Waals surface area contributed by atoms with E-state index in [1.54, 1.807) is 0 Å². The van der Waals surface area contributed by atoms with Crippen LogP contribution in [0.3, 0.4) is 0 Å². The van der Waals surface area contributed by atoms with E-state index in [9.17, 15) is 13.2 Å². The predicted molar refractivity (Wildman–Crippen MR) is 64.9 cm³/mol. The minimum atomic E-state index is -4.35. The Morgan fingerprint density at radius 2 is 1.83 bits per heavy atom. The Balaban J connectivity index is 2.68. The monoisotopic (exact) mass is 260 g/mol. The van der Waals surface area contributed by atoms with Gasteiger partial charge >= 0.3 is 6.18 Å². The van der Waals surface area contributed by atoms with Crippen LogP contribution in [0.1, 0.15) is 50.9 Å². The molecule has 1 atom stereocenters. The van der Waals surface area contributed by atoms with Gasteiger partial charge in [-0.2, -0.15) is 13.2 Å². The van der Waals surface area contributed by atoms with E-state index in [0.29, 0.717) is 12.1 Å². The fourth-order valence-electron chi connectivity index (χ4n) is 1.53. The molecule has 0 radical (unpaired) electrons. The maximum absolute atomic E-state index is 12.4. The van der Waals surface area contributed by atoms with Gasteiger partial charge in [0.05, 0.1) is 11.3 Å². The summed E-state index contributed by atoms with van der Waals surface area (Å²) in [5.74, 6) is 0. The Hall–Kier alpha value is -1.10. The molecule has 1 aromatic rings. The van der Waals surface area contributed by atoms with E-state index in [2.05, 4.69) is 25.8 Å². The van der Waals surface area contributed by atoms with E-state index in [1.807, 2.05) is 0 Å². The second-order valence-corrected chi connectivity index (χ2v) is 5.68. The smallest absolute Gasteiger partial charge is 0.323 e. The molecule has 0 bridgehead atoms. The van der Waals surface area contributed by atoms with Gasteiger partial charge in [0.15, 0.2) is 0 Å². The zero-order valence-electron chi connectivity index (χ0n) is 10.9. The summed E-state index contributed by atoms with van der Waals surface area (Å²) in [5.41, 5.74) is 5.84. The molecule has 5 heteroatoms.